The summed E-state index contributed by atoms with van der Waals surface area (Å²) < 4.78 is 2.02. The monoisotopic (exact) mass is 338 g/mol. The van der Waals surface area contributed by atoms with Gasteiger partial charge in [-0.3, -0.25) is 9.59 Å². The molecule has 0 atom stereocenters. The molecule has 26 heavy (non-hydrogen) atoms. The average Bonchev–Trinajstić information content (AvgIpc) is 3.21. The van der Waals surface area contributed by atoms with E-state index in [0.29, 0.717) is 5.69 Å². The molecule has 0 saturated heterocycles. The van der Waals surface area contributed by atoms with Crippen LogP contribution in [0.25, 0.3) is 27.4 Å². The van der Waals surface area contributed by atoms with Crippen molar-refractivity contribution in [3.05, 3.63) is 85.1 Å². The first kappa shape index (κ1) is 14.7. The van der Waals surface area contributed by atoms with Crippen LogP contribution in [0.3, 0.4) is 0 Å². The second kappa shape index (κ2) is 5.43. The Kier molecular flexibility index (Phi) is 3.06. The average molecular weight is 338 g/mol. The SMILES string of the molecule is O=C1C=CC(=O)N1c1cn(-c2ccc3ccccc3c2)c2ccccc12. The van der Waals surface area contributed by atoms with Crippen LogP contribution in [0.5, 0.6) is 0 Å². The molecule has 4 nitrogen and oxygen atoms in total. The van der Waals surface area contributed by atoms with Gasteiger partial charge < -0.3 is 4.57 Å². The molecule has 0 radical (unpaired) electrons. The first-order valence-corrected chi connectivity index (χ1v) is 8.38. The highest BCUT2D eigenvalue weighted by molar-refractivity contribution is 6.30. The van der Waals surface area contributed by atoms with Crippen molar-refractivity contribution >= 4 is 39.2 Å². The lowest BCUT2D eigenvalue weighted by Crippen LogP contribution is -2.29. The smallest absolute Gasteiger partial charge is 0.258 e. The first-order valence-electron chi connectivity index (χ1n) is 8.38. The fraction of sp³-hybridized carbons (Fsp3) is 0. The minimum atomic E-state index is -0.309. The maximum absolute atomic E-state index is 12.2. The Morgan fingerprint density at radius 1 is 0.692 bits per heavy atom. The molecule has 2 heterocycles. The summed E-state index contributed by atoms with van der Waals surface area (Å²) in [7, 11) is 0. The van der Waals surface area contributed by atoms with Crippen molar-refractivity contribution in [1.82, 2.24) is 4.57 Å². The predicted octanol–water partition coefficient (Wildman–Crippen LogP) is 4.21. The minimum Gasteiger partial charge on any atom is -0.314 e. The van der Waals surface area contributed by atoms with Gasteiger partial charge in [0.1, 0.15) is 0 Å². The number of imide groups is 1. The number of hydrogen-bond donors (Lipinski definition) is 0. The van der Waals surface area contributed by atoms with Gasteiger partial charge in [-0.2, -0.15) is 0 Å². The number of rotatable bonds is 2. The molecule has 0 fully saturated rings. The molecular formula is C22H14N2O2. The van der Waals surface area contributed by atoms with Gasteiger partial charge in [-0.05, 0) is 29.0 Å². The van der Waals surface area contributed by atoms with Gasteiger partial charge in [0.2, 0.25) is 0 Å². The van der Waals surface area contributed by atoms with Crippen LogP contribution in [0, 0.1) is 0 Å². The number of aromatic nitrogens is 1. The second-order valence-electron chi connectivity index (χ2n) is 6.28. The van der Waals surface area contributed by atoms with Crippen LogP contribution in [0.2, 0.25) is 0 Å². The van der Waals surface area contributed by atoms with Crippen LogP contribution in [-0.2, 0) is 9.59 Å². The predicted molar refractivity (Wildman–Crippen MR) is 102 cm³/mol. The third-order valence-corrected chi connectivity index (χ3v) is 4.75. The second-order valence-corrected chi connectivity index (χ2v) is 6.28. The maximum Gasteiger partial charge on any atom is 0.258 e. The maximum atomic E-state index is 12.2. The quantitative estimate of drug-likeness (QED) is 0.514. The van der Waals surface area contributed by atoms with Crippen LogP contribution in [-0.4, -0.2) is 16.4 Å². The standard InChI is InChI=1S/C22H14N2O2/c25-21-11-12-22(26)24(21)20-14-23(19-8-4-3-7-18(19)20)17-10-9-15-5-1-2-6-16(15)13-17/h1-14H. The van der Waals surface area contributed by atoms with Crippen molar-refractivity contribution in [3.63, 3.8) is 0 Å². The third kappa shape index (κ3) is 2.09. The van der Waals surface area contributed by atoms with Crippen LogP contribution in [0.15, 0.2) is 85.1 Å². The van der Waals surface area contributed by atoms with Crippen molar-refractivity contribution in [3.8, 4) is 5.69 Å². The summed E-state index contributed by atoms with van der Waals surface area (Å²) in [6.45, 7) is 0. The van der Waals surface area contributed by atoms with Gasteiger partial charge in [0.05, 0.1) is 11.2 Å². The molecule has 0 aliphatic carbocycles. The van der Waals surface area contributed by atoms with E-state index in [-0.39, 0.29) is 11.8 Å². The summed E-state index contributed by atoms with van der Waals surface area (Å²) in [5.41, 5.74) is 2.54. The number of para-hydroxylation sites is 1. The molecule has 124 valence electrons. The Hall–Kier alpha value is -3.66. The Morgan fingerprint density at radius 2 is 1.38 bits per heavy atom. The van der Waals surface area contributed by atoms with Crippen molar-refractivity contribution in [2.75, 3.05) is 4.90 Å². The summed E-state index contributed by atoms with van der Waals surface area (Å²) in [5.74, 6) is -0.618. The zero-order valence-electron chi connectivity index (χ0n) is 13.8. The van der Waals surface area contributed by atoms with E-state index >= 15 is 0 Å². The van der Waals surface area contributed by atoms with Crippen molar-refractivity contribution in [2.45, 2.75) is 0 Å². The molecule has 4 heteroatoms. The van der Waals surface area contributed by atoms with Gasteiger partial charge >= 0.3 is 0 Å². The fourth-order valence-corrected chi connectivity index (χ4v) is 3.52. The molecule has 0 N–H and O–H groups in total. The van der Waals surface area contributed by atoms with E-state index < -0.39 is 0 Å². The lowest BCUT2D eigenvalue weighted by molar-refractivity contribution is -0.119. The summed E-state index contributed by atoms with van der Waals surface area (Å²) in [6, 6.07) is 22.2. The van der Waals surface area contributed by atoms with Gasteiger partial charge in [-0.25, -0.2) is 4.90 Å². The number of anilines is 1. The summed E-state index contributed by atoms with van der Waals surface area (Å²) in [6.07, 6.45) is 4.48. The number of carbonyl (C=O) groups excluding carboxylic acids is 2. The van der Waals surface area contributed by atoms with E-state index in [1.54, 1.807) is 0 Å². The lowest BCUT2D eigenvalue weighted by Gasteiger charge is -2.12. The van der Waals surface area contributed by atoms with Gasteiger partial charge in [-0.15, -0.1) is 0 Å². The molecular weight excluding hydrogens is 324 g/mol. The van der Waals surface area contributed by atoms with E-state index in [1.165, 1.54) is 22.4 Å². The van der Waals surface area contributed by atoms with Crippen molar-refractivity contribution < 1.29 is 9.59 Å². The third-order valence-electron chi connectivity index (χ3n) is 4.75. The van der Waals surface area contributed by atoms with Gasteiger partial charge in [0.15, 0.2) is 0 Å². The largest absolute Gasteiger partial charge is 0.314 e. The van der Waals surface area contributed by atoms with E-state index in [0.717, 1.165) is 22.0 Å². The fourth-order valence-electron chi connectivity index (χ4n) is 3.52. The Morgan fingerprint density at radius 3 is 2.19 bits per heavy atom. The molecule has 0 spiro atoms. The molecule has 1 aliphatic rings. The van der Waals surface area contributed by atoms with Crippen LogP contribution in [0.4, 0.5) is 5.69 Å². The Bertz CT molecular complexity index is 1220. The molecule has 2 amide bonds. The normalized spacial score (nSPS) is 14.1. The van der Waals surface area contributed by atoms with Gasteiger partial charge in [-0.1, -0.05) is 48.5 Å². The highest BCUT2D eigenvalue weighted by Crippen LogP contribution is 2.33. The number of carbonyl (C=O) groups is 2. The summed E-state index contributed by atoms with van der Waals surface area (Å²) in [5, 5.41) is 3.17. The summed E-state index contributed by atoms with van der Waals surface area (Å²) in [4.78, 5) is 25.5. The number of benzene rings is 3. The topological polar surface area (TPSA) is 42.3 Å². The first-order chi connectivity index (χ1) is 12.7. The number of hydrogen-bond acceptors (Lipinski definition) is 2. The van der Waals surface area contributed by atoms with Gasteiger partial charge in [0.25, 0.3) is 11.8 Å². The van der Waals surface area contributed by atoms with Crippen molar-refractivity contribution in [1.29, 1.82) is 0 Å². The van der Waals surface area contributed by atoms with E-state index in [9.17, 15) is 9.59 Å². The Balaban J connectivity index is 1.75. The molecule has 0 unspecified atom stereocenters. The lowest BCUT2D eigenvalue weighted by atomic mass is 10.1. The highest BCUT2D eigenvalue weighted by Gasteiger charge is 2.28. The zero-order chi connectivity index (χ0) is 17.7. The number of fused-ring (bicyclic) bond motifs is 2. The van der Waals surface area contributed by atoms with E-state index in [1.807, 2.05) is 53.2 Å². The molecule has 5 rings (SSSR count). The minimum absolute atomic E-state index is 0.309. The molecule has 3 aromatic carbocycles. The van der Waals surface area contributed by atoms with Gasteiger partial charge in [0, 0.05) is 29.4 Å². The van der Waals surface area contributed by atoms with Crippen LogP contribution >= 0.6 is 0 Å². The molecule has 0 bridgehead atoms. The molecule has 1 aromatic heterocycles. The number of nitrogens with zero attached hydrogens (tertiary/aromatic N) is 2. The Labute approximate surface area is 149 Å². The zero-order valence-corrected chi connectivity index (χ0v) is 13.8. The van der Waals surface area contributed by atoms with Crippen LogP contribution in [0.1, 0.15) is 0 Å². The highest BCUT2D eigenvalue weighted by atomic mass is 16.2. The molecule has 1 aliphatic heterocycles. The molecule has 4 aromatic rings. The number of amides is 2. The van der Waals surface area contributed by atoms with E-state index in [4.69, 9.17) is 0 Å². The van der Waals surface area contributed by atoms with E-state index in [2.05, 4.69) is 24.3 Å². The summed E-state index contributed by atoms with van der Waals surface area (Å²) >= 11 is 0. The molecule has 0 saturated carbocycles. The van der Waals surface area contributed by atoms with Crippen LogP contribution < -0.4 is 4.90 Å². The van der Waals surface area contributed by atoms with Crippen molar-refractivity contribution in [2.24, 2.45) is 0 Å².